The van der Waals surface area contributed by atoms with E-state index in [1.54, 1.807) is 0 Å². The summed E-state index contributed by atoms with van der Waals surface area (Å²) in [6, 6.07) is 9.23. The summed E-state index contributed by atoms with van der Waals surface area (Å²) in [6.45, 7) is 6.50. The van der Waals surface area contributed by atoms with Gasteiger partial charge in [0, 0.05) is 17.5 Å². The molecule has 1 aromatic carbocycles. The van der Waals surface area contributed by atoms with Gasteiger partial charge in [-0.3, -0.25) is 0 Å². The highest BCUT2D eigenvalue weighted by Crippen LogP contribution is 2.15. The molecule has 2 heteroatoms. The first-order valence-corrected chi connectivity index (χ1v) is 6.31. The number of thioether (sulfide) groups is 1. The molecule has 0 atom stereocenters. The molecule has 0 fully saturated rings. The van der Waals surface area contributed by atoms with Crippen LogP contribution < -0.4 is 5.32 Å². The van der Waals surface area contributed by atoms with Crippen molar-refractivity contribution in [2.75, 3.05) is 11.1 Å². The van der Waals surface area contributed by atoms with Crippen molar-refractivity contribution >= 4 is 17.4 Å². The van der Waals surface area contributed by atoms with Crippen molar-refractivity contribution in [2.45, 2.75) is 32.6 Å². The molecule has 0 amide bonds. The van der Waals surface area contributed by atoms with Gasteiger partial charge in [0.1, 0.15) is 0 Å². The molecule has 0 aromatic heterocycles. The van der Waals surface area contributed by atoms with Gasteiger partial charge in [-0.2, -0.15) is 11.8 Å². The van der Waals surface area contributed by atoms with Gasteiger partial charge in [-0.1, -0.05) is 19.1 Å². The smallest absolute Gasteiger partial charge is 0.0342 e. The maximum Gasteiger partial charge on any atom is 0.0342 e. The predicted octanol–water partition coefficient (Wildman–Crippen LogP) is 3.76. The van der Waals surface area contributed by atoms with Gasteiger partial charge in [0.2, 0.25) is 0 Å². The summed E-state index contributed by atoms with van der Waals surface area (Å²) in [6.07, 6.45) is 0. The molecule has 78 valence electrons. The number of nitrogens with one attached hydrogen (secondary N) is 1. The van der Waals surface area contributed by atoms with E-state index in [4.69, 9.17) is 0 Å². The number of anilines is 1. The Labute approximate surface area is 91.3 Å². The maximum absolute atomic E-state index is 3.38. The number of rotatable bonds is 5. The van der Waals surface area contributed by atoms with Crippen molar-refractivity contribution in [1.29, 1.82) is 0 Å². The normalized spacial score (nSPS) is 10.6. The van der Waals surface area contributed by atoms with Crippen molar-refractivity contribution in [3.05, 3.63) is 29.8 Å². The molecule has 0 aliphatic carbocycles. The minimum Gasteiger partial charge on any atom is -0.383 e. The molecule has 1 N–H and O–H groups in total. The largest absolute Gasteiger partial charge is 0.383 e. The lowest BCUT2D eigenvalue weighted by Crippen LogP contribution is -2.09. The van der Waals surface area contributed by atoms with Crippen LogP contribution in [0.2, 0.25) is 0 Å². The molecule has 14 heavy (non-hydrogen) atoms. The van der Waals surface area contributed by atoms with Crippen LogP contribution in [0.15, 0.2) is 24.3 Å². The standard InChI is InChI=1S/C12H19NS/c1-4-14-9-11-5-7-12(8-6-11)13-10(2)3/h5-8,10,13H,4,9H2,1-3H3. The van der Waals surface area contributed by atoms with E-state index in [2.05, 4.69) is 50.4 Å². The maximum atomic E-state index is 3.38. The summed E-state index contributed by atoms with van der Waals surface area (Å²) in [5.41, 5.74) is 2.62. The van der Waals surface area contributed by atoms with Crippen molar-refractivity contribution in [1.82, 2.24) is 0 Å². The zero-order valence-corrected chi connectivity index (χ0v) is 10.0. The van der Waals surface area contributed by atoms with Crippen LogP contribution in [0, 0.1) is 0 Å². The molecule has 0 saturated carbocycles. The molecule has 0 bridgehead atoms. The van der Waals surface area contributed by atoms with Gasteiger partial charge in [0.25, 0.3) is 0 Å². The van der Waals surface area contributed by atoms with E-state index in [9.17, 15) is 0 Å². The molecule has 0 aliphatic heterocycles. The molecular formula is C12H19NS. The molecule has 0 unspecified atom stereocenters. The summed E-state index contributed by atoms with van der Waals surface area (Å²) in [4.78, 5) is 0. The van der Waals surface area contributed by atoms with E-state index in [0.717, 1.165) is 5.75 Å². The average molecular weight is 209 g/mol. The lowest BCUT2D eigenvalue weighted by Gasteiger charge is -2.10. The topological polar surface area (TPSA) is 12.0 Å². The van der Waals surface area contributed by atoms with E-state index in [0.29, 0.717) is 6.04 Å². The van der Waals surface area contributed by atoms with Gasteiger partial charge in [-0.15, -0.1) is 0 Å². The quantitative estimate of drug-likeness (QED) is 0.792. The molecule has 0 spiro atoms. The van der Waals surface area contributed by atoms with Crippen molar-refractivity contribution in [3.63, 3.8) is 0 Å². The summed E-state index contributed by atoms with van der Waals surface area (Å²) < 4.78 is 0. The Morgan fingerprint density at radius 2 is 1.86 bits per heavy atom. The zero-order valence-electron chi connectivity index (χ0n) is 9.21. The van der Waals surface area contributed by atoms with E-state index in [1.165, 1.54) is 17.0 Å². The predicted molar refractivity (Wildman–Crippen MR) is 67.0 cm³/mol. The number of benzene rings is 1. The van der Waals surface area contributed by atoms with Crippen LogP contribution in [0.25, 0.3) is 0 Å². The summed E-state index contributed by atoms with van der Waals surface area (Å²) >= 11 is 1.96. The minimum atomic E-state index is 0.505. The molecule has 0 heterocycles. The van der Waals surface area contributed by atoms with Gasteiger partial charge in [0.15, 0.2) is 0 Å². The van der Waals surface area contributed by atoms with Gasteiger partial charge in [-0.25, -0.2) is 0 Å². The Morgan fingerprint density at radius 1 is 1.21 bits per heavy atom. The molecule has 1 nitrogen and oxygen atoms in total. The fourth-order valence-corrected chi connectivity index (χ4v) is 1.88. The second-order valence-corrected chi connectivity index (χ2v) is 4.91. The fraction of sp³-hybridized carbons (Fsp3) is 0.500. The summed E-state index contributed by atoms with van der Waals surface area (Å²) in [7, 11) is 0. The van der Waals surface area contributed by atoms with Crippen LogP contribution in [-0.4, -0.2) is 11.8 Å². The van der Waals surface area contributed by atoms with Crippen LogP contribution in [0.3, 0.4) is 0 Å². The number of hydrogen-bond donors (Lipinski definition) is 1. The van der Waals surface area contributed by atoms with Gasteiger partial charge in [0.05, 0.1) is 0 Å². The SMILES string of the molecule is CCSCc1ccc(NC(C)C)cc1. The molecule has 0 radical (unpaired) electrons. The van der Waals surface area contributed by atoms with Crippen molar-refractivity contribution in [3.8, 4) is 0 Å². The average Bonchev–Trinajstić information content (AvgIpc) is 2.16. The Morgan fingerprint density at radius 3 is 2.36 bits per heavy atom. The third-order valence-electron chi connectivity index (χ3n) is 1.88. The van der Waals surface area contributed by atoms with E-state index < -0.39 is 0 Å². The van der Waals surface area contributed by atoms with Gasteiger partial charge >= 0.3 is 0 Å². The van der Waals surface area contributed by atoms with Crippen LogP contribution in [0.5, 0.6) is 0 Å². The van der Waals surface area contributed by atoms with E-state index in [1.807, 2.05) is 11.8 Å². The Hall–Kier alpha value is -0.630. The van der Waals surface area contributed by atoms with E-state index in [-0.39, 0.29) is 0 Å². The lowest BCUT2D eigenvalue weighted by molar-refractivity contribution is 0.899. The van der Waals surface area contributed by atoms with E-state index >= 15 is 0 Å². The first-order chi connectivity index (χ1) is 6.72. The highest BCUT2D eigenvalue weighted by atomic mass is 32.2. The first kappa shape index (κ1) is 11.4. The molecule has 0 aliphatic rings. The zero-order chi connectivity index (χ0) is 10.4. The van der Waals surface area contributed by atoms with Crippen LogP contribution in [0.4, 0.5) is 5.69 Å². The van der Waals surface area contributed by atoms with Crippen LogP contribution >= 0.6 is 11.8 Å². The van der Waals surface area contributed by atoms with Crippen molar-refractivity contribution < 1.29 is 0 Å². The summed E-state index contributed by atoms with van der Waals surface area (Å²) in [5, 5.41) is 3.38. The lowest BCUT2D eigenvalue weighted by atomic mass is 10.2. The Balaban J connectivity index is 2.50. The van der Waals surface area contributed by atoms with Gasteiger partial charge < -0.3 is 5.32 Å². The van der Waals surface area contributed by atoms with Crippen LogP contribution in [0.1, 0.15) is 26.3 Å². The molecule has 1 aromatic rings. The molecular weight excluding hydrogens is 190 g/mol. The van der Waals surface area contributed by atoms with Crippen molar-refractivity contribution in [2.24, 2.45) is 0 Å². The second kappa shape index (κ2) is 5.97. The minimum absolute atomic E-state index is 0.505. The second-order valence-electron chi connectivity index (χ2n) is 3.63. The van der Waals surface area contributed by atoms with Gasteiger partial charge in [-0.05, 0) is 37.3 Å². The highest BCUT2D eigenvalue weighted by molar-refractivity contribution is 7.98. The fourth-order valence-electron chi connectivity index (χ4n) is 1.25. The highest BCUT2D eigenvalue weighted by Gasteiger charge is 1.95. The Kier molecular flexibility index (Phi) is 4.88. The number of hydrogen-bond acceptors (Lipinski definition) is 2. The monoisotopic (exact) mass is 209 g/mol. The first-order valence-electron chi connectivity index (χ1n) is 5.15. The third kappa shape index (κ3) is 4.05. The summed E-state index contributed by atoms with van der Waals surface area (Å²) in [5.74, 6) is 2.31. The molecule has 0 saturated heterocycles. The Bertz CT molecular complexity index is 254. The van der Waals surface area contributed by atoms with Crippen LogP contribution in [-0.2, 0) is 5.75 Å². The molecule has 1 rings (SSSR count). The third-order valence-corrected chi connectivity index (χ3v) is 2.83.